The first-order chi connectivity index (χ1) is 18.8. The number of hydrogen-bond acceptors (Lipinski definition) is 8. The van der Waals surface area contributed by atoms with E-state index in [-0.39, 0.29) is 28.3 Å². The molecule has 0 aliphatic heterocycles. The second kappa shape index (κ2) is 11.8. The molecule has 2 heterocycles. The number of rotatable bonds is 8. The number of carbonyl (C=O) groups excluding carboxylic acids is 2. The van der Waals surface area contributed by atoms with Crippen molar-refractivity contribution in [2.24, 2.45) is 0 Å². The fourth-order valence-corrected chi connectivity index (χ4v) is 3.86. The summed E-state index contributed by atoms with van der Waals surface area (Å²) in [6, 6.07) is 18.1. The third-order valence-electron chi connectivity index (χ3n) is 6.05. The molecule has 4 rings (SSSR count). The van der Waals surface area contributed by atoms with Gasteiger partial charge in [0.25, 0.3) is 5.91 Å². The van der Waals surface area contributed by atoms with Gasteiger partial charge in [-0.2, -0.15) is 5.26 Å². The van der Waals surface area contributed by atoms with Crippen LogP contribution < -0.4 is 16.4 Å². The van der Waals surface area contributed by atoms with Gasteiger partial charge in [0.05, 0.1) is 24.3 Å². The topological polar surface area (TPSA) is 143 Å². The molecule has 0 unspecified atom stereocenters. The van der Waals surface area contributed by atoms with E-state index < -0.39 is 17.9 Å². The summed E-state index contributed by atoms with van der Waals surface area (Å²) in [5.74, 6) is -0.949. The van der Waals surface area contributed by atoms with Crippen LogP contribution in [0.5, 0.6) is 0 Å². The van der Waals surface area contributed by atoms with Crippen LogP contribution >= 0.6 is 0 Å². The maximum atomic E-state index is 13.3. The maximum absolute atomic E-state index is 13.3. The molecule has 1 atom stereocenters. The summed E-state index contributed by atoms with van der Waals surface area (Å²) in [6.45, 7) is 2.13. The van der Waals surface area contributed by atoms with Gasteiger partial charge in [-0.1, -0.05) is 36.4 Å². The summed E-state index contributed by atoms with van der Waals surface area (Å²) in [6.07, 6.45) is 2.96. The minimum Gasteiger partial charge on any atom is -0.465 e. The van der Waals surface area contributed by atoms with Crippen LogP contribution in [0.15, 0.2) is 73.1 Å². The number of carbonyl (C=O) groups is 2. The molecule has 2 aromatic heterocycles. The van der Waals surface area contributed by atoms with Crippen molar-refractivity contribution in [1.82, 2.24) is 15.3 Å². The van der Waals surface area contributed by atoms with E-state index in [1.807, 2.05) is 30.3 Å². The Balaban J connectivity index is 1.49. The Labute approximate surface area is 224 Å². The highest BCUT2D eigenvalue weighted by molar-refractivity contribution is 5.99. The van der Waals surface area contributed by atoms with Gasteiger partial charge < -0.3 is 21.1 Å². The molecule has 0 aliphatic rings. The van der Waals surface area contributed by atoms with Crippen molar-refractivity contribution in [2.75, 3.05) is 18.2 Å². The van der Waals surface area contributed by atoms with Crippen LogP contribution in [0.1, 0.15) is 50.4 Å². The molecule has 4 N–H and O–H groups in total. The molecular weight excluding hydrogens is 499 g/mol. The predicted octanol–water partition coefficient (Wildman–Crippen LogP) is 4.63. The highest BCUT2D eigenvalue weighted by atomic mass is 19.1. The number of hydrogen-bond donors (Lipinski definition) is 3. The third kappa shape index (κ3) is 6.34. The van der Waals surface area contributed by atoms with E-state index >= 15 is 0 Å². The maximum Gasteiger partial charge on any atom is 0.341 e. The number of benzene rings is 2. The van der Waals surface area contributed by atoms with E-state index in [9.17, 15) is 19.2 Å². The van der Waals surface area contributed by atoms with E-state index in [4.69, 9.17) is 10.5 Å². The van der Waals surface area contributed by atoms with Crippen LogP contribution in [0.25, 0.3) is 11.1 Å². The molecule has 39 heavy (non-hydrogen) atoms. The Morgan fingerprint density at radius 3 is 2.41 bits per heavy atom. The first-order valence-electron chi connectivity index (χ1n) is 11.9. The monoisotopic (exact) mass is 524 g/mol. The summed E-state index contributed by atoms with van der Waals surface area (Å²) in [4.78, 5) is 33.4. The first kappa shape index (κ1) is 26.8. The SMILES string of the molecule is COC(=O)c1cc(-c2ccc(CNc3ncc(C#N)cc3C(=O)N[C@@H](C)c3ccc(F)cc3)cc2)cnc1N. The number of amides is 1. The molecule has 0 saturated heterocycles. The molecule has 0 saturated carbocycles. The number of aromatic nitrogens is 2. The van der Waals surface area contributed by atoms with E-state index in [1.54, 1.807) is 31.3 Å². The molecule has 4 aromatic rings. The molecule has 0 fully saturated rings. The van der Waals surface area contributed by atoms with Gasteiger partial charge in [0, 0.05) is 24.5 Å². The Morgan fingerprint density at radius 2 is 1.74 bits per heavy atom. The van der Waals surface area contributed by atoms with E-state index in [0.29, 0.717) is 17.9 Å². The largest absolute Gasteiger partial charge is 0.465 e. The van der Waals surface area contributed by atoms with Gasteiger partial charge in [-0.05, 0) is 47.9 Å². The van der Waals surface area contributed by atoms with Gasteiger partial charge in [0.15, 0.2) is 0 Å². The van der Waals surface area contributed by atoms with Gasteiger partial charge in [-0.15, -0.1) is 0 Å². The van der Waals surface area contributed by atoms with Crippen molar-refractivity contribution in [3.05, 3.63) is 107 Å². The molecule has 0 aliphatic carbocycles. The van der Waals surface area contributed by atoms with Gasteiger partial charge >= 0.3 is 5.97 Å². The molecule has 0 spiro atoms. The van der Waals surface area contributed by atoms with Crippen LogP contribution in [-0.4, -0.2) is 29.0 Å². The highest BCUT2D eigenvalue weighted by Crippen LogP contribution is 2.24. The van der Waals surface area contributed by atoms with Crippen molar-refractivity contribution < 1.29 is 18.7 Å². The molecule has 196 valence electrons. The fourth-order valence-electron chi connectivity index (χ4n) is 3.86. The van der Waals surface area contributed by atoms with E-state index in [2.05, 4.69) is 20.6 Å². The van der Waals surface area contributed by atoms with Gasteiger partial charge in [-0.25, -0.2) is 19.2 Å². The second-order valence-corrected chi connectivity index (χ2v) is 8.68. The fraction of sp³-hybridized carbons (Fsp3) is 0.138. The third-order valence-corrected chi connectivity index (χ3v) is 6.05. The Bertz CT molecular complexity index is 1550. The zero-order valence-corrected chi connectivity index (χ0v) is 21.2. The number of esters is 1. The number of pyridine rings is 2. The second-order valence-electron chi connectivity index (χ2n) is 8.68. The van der Waals surface area contributed by atoms with E-state index in [1.165, 1.54) is 31.5 Å². The van der Waals surface area contributed by atoms with Gasteiger partial charge in [0.2, 0.25) is 0 Å². The number of nitrogens with zero attached hydrogens (tertiary/aromatic N) is 3. The van der Waals surface area contributed by atoms with Crippen LogP contribution in [-0.2, 0) is 11.3 Å². The molecule has 0 radical (unpaired) electrons. The molecule has 0 bridgehead atoms. The quantitative estimate of drug-likeness (QED) is 0.283. The number of nitrogens with two attached hydrogens (primary N) is 1. The summed E-state index contributed by atoms with van der Waals surface area (Å²) in [7, 11) is 1.28. The highest BCUT2D eigenvalue weighted by Gasteiger charge is 2.18. The van der Waals surface area contributed by atoms with Crippen LogP contribution in [0.4, 0.5) is 16.0 Å². The number of ether oxygens (including phenoxy) is 1. The molecule has 1 amide bonds. The lowest BCUT2D eigenvalue weighted by Gasteiger charge is -2.16. The molecule has 10 heteroatoms. The molecule has 9 nitrogen and oxygen atoms in total. The van der Waals surface area contributed by atoms with Crippen molar-refractivity contribution in [2.45, 2.75) is 19.5 Å². The predicted molar refractivity (Wildman–Crippen MR) is 144 cm³/mol. The number of nitriles is 1. The van der Waals surface area contributed by atoms with Crippen molar-refractivity contribution >= 4 is 23.5 Å². The Morgan fingerprint density at radius 1 is 1.03 bits per heavy atom. The smallest absolute Gasteiger partial charge is 0.341 e. The zero-order valence-electron chi connectivity index (χ0n) is 21.2. The summed E-state index contributed by atoms with van der Waals surface area (Å²) in [5.41, 5.74) is 9.59. The number of anilines is 2. The van der Waals surface area contributed by atoms with Crippen molar-refractivity contribution in [3.63, 3.8) is 0 Å². The molecular formula is C29H25FN6O3. The van der Waals surface area contributed by atoms with Gasteiger partial charge in [0.1, 0.15) is 29.1 Å². The average molecular weight is 525 g/mol. The Hall–Kier alpha value is -5.30. The minimum absolute atomic E-state index is 0.0910. The van der Waals surface area contributed by atoms with Crippen molar-refractivity contribution in [3.8, 4) is 17.2 Å². The number of nitrogens with one attached hydrogen (secondary N) is 2. The number of halogens is 1. The number of methoxy groups -OCH3 is 1. The summed E-state index contributed by atoms with van der Waals surface area (Å²) >= 11 is 0. The lowest BCUT2D eigenvalue weighted by molar-refractivity contribution is 0.0601. The number of nitrogen functional groups attached to an aromatic ring is 1. The van der Waals surface area contributed by atoms with Crippen LogP contribution in [0.2, 0.25) is 0 Å². The normalized spacial score (nSPS) is 11.2. The van der Waals surface area contributed by atoms with E-state index in [0.717, 1.165) is 16.7 Å². The molecule has 2 aromatic carbocycles. The zero-order chi connectivity index (χ0) is 27.9. The summed E-state index contributed by atoms with van der Waals surface area (Å²) in [5, 5.41) is 15.3. The van der Waals surface area contributed by atoms with Crippen LogP contribution in [0, 0.1) is 17.1 Å². The lowest BCUT2D eigenvalue weighted by Crippen LogP contribution is -2.28. The van der Waals surface area contributed by atoms with Gasteiger partial charge in [-0.3, -0.25) is 4.79 Å². The first-order valence-corrected chi connectivity index (χ1v) is 11.9. The lowest BCUT2D eigenvalue weighted by atomic mass is 10.0. The summed E-state index contributed by atoms with van der Waals surface area (Å²) < 4.78 is 18.0. The minimum atomic E-state index is -0.565. The van der Waals surface area contributed by atoms with Crippen molar-refractivity contribution in [1.29, 1.82) is 5.26 Å². The standard InChI is InChI=1S/C29H25FN6O3/c1-17(20-7-9-23(30)10-8-20)36-28(37)25-11-19(13-31)15-35-27(25)34-14-18-3-5-21(6-4-18)22-12-24(29(38)39-2)26(32)33-16-22/h3-12,15-17H,14H2,1-2H3,(H2,32,33)(H,34,35)(H,36,37)/t17-/m0/s1. The average Bonchev–Trinajstić information content (AvgIpc) is 2.96. The van der Waals surface area contributed by atoms with Crippen LogP contribution in [0.3, 0.4) is 0 Å². The Kier molecular flexibility index (Phi) is 8.12.